The molecule has 2 rings (SSSR count). The van der Waals surface area contributed by atoms with Crippen molar-refractivity contribution in [2.45, 2.75) is 18.2 Å². The lowest BCUT2D eigenvalue weighted by atomic mass is 10.3. The molecular formula is C19H25NO5S. The molecule has 2 aromatic rings. The second-order valence-electron chi connectivity index (χ2n) is 5.43. The lowest BCUT2D eigenvalue weighted by Gasteiger charge is -2.09. The zero-order valence-corrected chi connectivity index (χ0v) is 15.7. The van der Waals surface area contributed by atoms with Crippen molar-refractivity contribution in [2.24, 2.45) is 0 Å². The van der Waals surface area contributed by atoms with Crippen molar-refractivity contribution < 1.29 is 22.6 Å². The molecular weight excluding hydrogens is 354 g/mol. The van der Waals surface area contributed by atoms with Crippen LogP contribution in [0.1, 0.15) is 13.3 Å². The zero-order valence-electron chi connectivity index (χ0n) is 14.9. The number of hydrogen-bond donors (Lipinski definition) is 1. The number of ether oxygens (including phenoxy) is 3. The van der Waals surface area contributed by atoms with Gasteiger partial charge in [-0.15, -0.1) is 0 Å². The van der Waals surface area contributed by atoms with E-state index >= 15 is 0 Å². The van der Waals surface area contributed by atoms with Gasteiger partial charge in [-0.25, -0.2) is 13.1 Å². The van der Waals surface area contributed by atoms with Crippen molar-refractivity contribution in [3.05, 3.63) is 54.6 Å². The summed E-state index contributed by atoms with van der Waals surface area (Å²) in [4.78, 5) is 0.207. The largest absolute Gasteiger partial charge is 0.494 e. The van der Waals surface area contributed by atoms with Crippen molar-refractivity contribution in [1.29, 1.82) is 0 Å². The number of benzene rings is 2. The minimum Gasteiger partial charge on any atom is -0.494 e. The second-order valence-corrected chi connectivity index (χ2v) is 7.20. The summed E-state index contributed by atoms with van der Waals surface area (Å²) in [6.07, 6.45) is 0.576. The summed E-state index contributed by atoms with van der Waals surface area (Å²) in [5, 5.41) is 0. The van der Waals surface area contributed by atoms with Crippen LogP contribution in [0.15, 0.2) is 59.5 Å². The molecule has 1 N–H and O–H groups in total. The van der Waals surface area contributed by atoms with Gasteiger partial charge in [-0.05, 0) is 49.7 Å². The Morgan fingerprint density at radius 3 is 2.19 bits per heavy atom. The van der Waals surface area contributed by atoms with E-state index in [4.69, 9.17) is 14.2 Å². The Kier molecular flexibility index (Phi) is 8.40. The molecule has 0 atom stereocenters. The number of para-hydroxylation sites is 1. The molecule has 0 spiro atoms. The predicted molar refractivity (Wildman–Crippen MR) is 100 cm³/mol. The first kappa shape index (κ1) is 20.2. The Labute approximate surface area is 155 Å². The van der Waals surface area contributed by atoms with Crippen molar-refractivity contribution in [2.75, 3.05) is 33.0 Å². The Hall–Kier alpha value is -2.09. The Morgan fingerprint density at radius 2 is 1.50 bits per heavy atom. The fourth-order valence-corrected chi connectivity index (χ4v) is 3.22. The summed E-state index contributed by atoms with van der Waals surface area (Å²) >= 11 is 0. The molecule has 142 valence electrons. The molecule has 0 amide bonds. The van der Waals surface area contributed by atoms with Crippen molar-refractivity contribution in [1.82, 2.24) is 4.72 Å². The first-order valence-corrected chi connectivity index (χ1v) is 10.1. The Balaban J connectivity index is 1.72. The molecule has 0 aromatic heterocycles. The average molecular weight is 379 g/mol. The summed E-state index contributed by atoms with van der Waals surface area (Å²) in [5.74, 6) is 1.38. The minimum atomic E-state index is -3.54. The highest BCUT2D eigenvalue weighted by molar-refractivity contribution is 7.89. The SMILES string of the molecule is CCOCCOc1ccc(S(=O)(=O)NCCCOc2ccccc2)cc1. The van der Waals surface area contributed by atoms with E-state index in [1.54, 1.807) is 12.1 Å². The van der Waals surface area contributed by atoms with Crippen LogP contribution >= 0.6 is 0 Å². The molecule has 0 heterocycles. The molecule has 0 aliphatic rings. The average Bonchev–Trinajstić information content (AvgIpc) is 2.66. The molecule has 0 bridgehead atoms. The van der Waals surface area contributed by atoms with Crippen LogP contribution < -0.4 is 14.2 Å². The molecule has 0 unspecified atom stereocenters. The van der Waals surface area contributed by atoms with E-state index in [1.165, 1.54) is 12.1 Å². The van der Waals surface area contributed by atoms with Crippen LogP contribution in [0.3, 0.4) is 0 Å². The minimum absolute atomic E-state index is 0.207. The van der Waals surface area contributed by atoms with E-state index in [0.717, 1.165) is 5.75 Å². The van der Waals surface area contributed by atoms with Gasteiger partial charge in [0.1, 0.15) is 18.1 Å². The summed E-state index contributed by atoms with van der Waals surface area (Å²) in [7, 11) is -3.54. The molecule has 0 aliphatic heterocycles. The topological polar surface area (TPSA) is 73.9 Å². The van der Waals surface area contributed by atoms with E-state index < -0.39 is 10.0 Å². The van der Waals surface area contributed by atoms with Crippen LogP contribution in [-0.4, -0.2) is 41.4 Å². The maximum atomic E-state index is 12.3. The monoisotopic (exact) mass is 379 g/mol. The van der Waals surface area contributed by atoms with Gasteiger partial charge < -0.3 is 14.2 Å². The summed E-state index contributed by atoms with van der Waals surface area (Å²) in [6, 6.07) is 15.8. The van der Waals surface area contributed by atoms with Gasteiger partial charge in [0.25, 0.3) is 0 Å². The zero-order chi connectivity index (χ0) is 18.7. The highest BCUT2D eigenvalue weighted by atomic mass is 32.2. The number of rotatable bonds is 12. The fraction of sp³-hybridized carbons (Fsp3) is 0.368. The molecule has 0 saturated carbocycles. The van der Waals surface area contributed by atoms with E-state index in [9.17, 15) is 8.42 Å². The maximum absolute atomic E-state index is 12.3. The molecule has 0 radical (unpaired) electrons. The third-order valence-corrected chi connectivity index (χ3v) is 4.94. The standard InChI is InChI=1S/C19H25NO5S/c1-2-23-15-16-25-18-9-11-19(12-10-18)26(21,22)20-13-6-14-24-17-7-4-3-5-8-17/h3-5,7-12,20H,2,6,13-16H2,1H3. The highest BCUT2D eigenvalue weighted by Gasteiger charge is 2.13. The highest BCUT2D eigenvalue weighted by Crippen LogP contribution is 2.16. The quantitative estimate of drug-likeness (QED) is 0.574. The van der Waals surface area contributed by atoms with Crippen LogP contribution in [0.2, 0.25) is 0 Å². The summed E-state index contributed by atoms with van der Waals surface area (Å²) in [5.41, 5.74) is 0. The van der Waals surface area contributed by atoms with E-state index in [1.807, 2.05) is 37.3 Å². The first-order chi connectivity index (χ1) is 12.6. The van der Waals surface area contributed by atoms with Gasteiger partial charge in [-0.1, -0.05) is 18.2 Å². The normalized spacial score (nSPS) is 11.3. The lowest BCUT2D eigenvalue weighted by Crippen LogP contribution is -2.25. The Bertz CT molecular complexity index is 732. The Morgan fingerprint density at radius 1 is 0.846 bits per heavy atom. The third kappa shape index (κ3) is 7.03. The van der Waals surface area contributed by atoms with Gasteiger partial charge in [0.2, 0.25) is 10.0 Å². The fourth-order valence-electron chi connectivity index (χ4n) is 2.15. The van der Waals surface area contributed by atoms with Crippen LogP contribution in [-0.2, 0) is 14.8 Å². The molecule has 6 nitrogen and oxygen atoms in total. The smallest absolute Gasteiger partial charge is 0.240 e. The van der Waals surface area contributed by atoms with Crippen LogP contribution in [0.25, 0.3) is 0 Å². The van der Waals surface area contributed by atoms with E-state index in [0.29, 0.717) is 45.1 Å². The lowest BCUT2D eigenvalue weighted by molar-refractivity contribution is 0.110. The van der Waals surface area contributed by atoms with Crippen LogP contribution in [0.4, 0.5) is 0 Å². The maximum Gasteiger partial charge on any atom is 0.240 e. The van der Waals surface area contributed by atoms with E-state index in [2.05, 4.69) is 4.72 Å². The van der Waals surface area contributed by atoms with Gasteiger partial charge in [0, 0.05) is 13.2 Å². The first-order valence-electron chi connectivity index (χ1n) is 8.60. The van der Waals surface area contributed by atoms with E-state index in [-0.39, 0.29) is 4.90 Å². The molecule has 0 fully saturated rings. The molecule has 26 heavy (non-hydrogen) atoms. The molecule has 2 aromatic carbocycles. The predicted octanol–water partition coefficient (Wildman–Crippen LogP) is 2.85. The van der Waals surface area contributed by atoms with Crippen LogP contribution in [0, 0.1) is 0 Å². The second kappa shape index (κ2) is 10.8. The number of sulfonamides is 1. The van der Waals surface area contributed by atoms with Crippen molar-refractivity contribution >= 4 is 10.0 Å². The van der Waals surface area contributed by atoms with Gasteiger partial charge in [0.05, 0.1) is 18.1 Å². The number of hydrogen-bond acceptors (Lipinski definition) is 5. The van der Waals surface area contributed by atoms with Crippen LogP contribution in [0.5, 0.6) is 11.5 Å². The van der Waals surface area contributed by atoms with Crippen molar-refractivity contribution in [3.63, 3.8) is 0 Å². The molecule has 7 heteroatoms. The van der Waals surface area contributed by atoms with Crippen molar-refractivity contribution in [3.8, 4) is 11.5 Å². The van der Waals surface area contributed by atoms with Gasteiger partial charge in [-0.2, -0.15) is 0 Å². The molecule has 0 aliphatic carbocycles. The molecule has 0 saturated heterocycles. The number of nitrogens with one attached hydrogen (secondary N) is 1. The summed E-state index contributed by atoms with van der Waals surface area (Å²) < 4.78 is 43.3. The third-order valence-electron chi connectivity index (χ3n) is 3.46. The van der Waals surface area contributed by atoms with Gasteiger partial charge in [0.15, 0.2) is 0 Å². The van der Waals surface area contributed by atoms with Gasteiger partial charge >= 0.3 is 0 Å². The van der Waals surface area contributed by atoms with Gasteiger partial charge in [-0.3, -0.25) is 0 Å². The summed E-state index contributed by atoms with van der Waals surface area (Å²) in [6.45, 7) is 4.24.